The number of halogens is 2. The van der Waals surface area contributed by atoms with Gasteiger partial charge in [-0.25, -0.2) is 9.97 Å². The van der Waals surface area contributed by atoms with Crippen molar-refractivity contribution < 1.29 is 4.79 Å². The second-order valence-corrected chi connectivity index (χ2v) is 6.45. The highest BCUT2D eigenvalue weighted by atomic mass is 35.5. The van der Waals surface area contributed by atoms with Gasteiger partial charge in [0.1, 0.15) is 17.8 Å². The molecule has 0 aliphatic rings. The number of nitrogens with one attached hydrogen (secondary N) is 1. The number of carbonyl (C=O) groups is 1. The van der Waals surface area contributed by atoms with Crippen molar-refractivity contribution in [3.05, 3.63) is 82.2 Å². The Balaban J connectivity index is 1.76. The monoisotopic (exact) mass is 386 g/mol. The summed E-state index contributed by atoms with van der Waals surface area (Å²) in [6, 6.07) is 16.6. The molecule has 0 saturated heterocycles. The second-order valence-electron chi connectivity index (χ2n) is 5.66. The van der Waals surface area contributed by atoms with Crippen LogP contribution in [0.3, 0.4) is 0 Å². The van der Waals surface area contributed by atoms with Crippen LogP contribution in [0.25, 0.3) is 0 Å². The van der Waals surface area contributed by atoms with Crippen LogP contribution in [0, 0.1) is 0 Å². The van der Waals surface area contributed by atoms with Gasteiger partial charge in [-0.1, -0.05) is 59.6 Å². The Bertz CT molecular complexity index is 918. The summed E-state index contributed by atoms with van der Waals surface area (Å²) in [5, 5.41) is 3.88. The van der Waals surface area contributed by atoms with E-state index in [1.54, 1.807) is 36.2 Å². The highest BCUT2D eigenvalue weighted by Gasteiger charge is 2.15. The van der Waals surface area contributed by atoms with Gasteiger partial charge in [-0.15, -0.1) is 0 Å². The van der Waals surface area contributed by atoms with Crippen LogP contribution in [0.1, 0.15) is 16.1 Å². The van der Waals surface area contributed by atoms with Crippen molar-refractivity contribution in [2.24, 2.45) is 0 Å². The van der Waals surface area contributed by atoms with E-state index in [0.717, 1.165) is 5.56 Å². The van der Waals surface area contributed by atoms with E-state index < -0.39 is 0 Å². The average molecular weight is 387 g/mol. The zero-order valence-corrected chi connectivity index (χ0v) is 15.5. The van der Waals surface area contributed by atoms with Crippen LogP contribution >= 0.6 is 23.2 Å². The minimum absolute atomic E-state index is 0.198. The Morgan fingerprint density at radius 3 is 2.62 bits per heavy atom. The number of hydrogen-bond donors (Lipinski definition) is 1. The molecule has 0 aliphatic carbocycles. The minimum atomic E-state index is -0.198. The van der Waals surface area contributed by atoms with Gasteiger partial charge in [0.25, 0.3) is 5.91 Å². The molecule has 0 spiro atoms. The summed E-state index contributed by atoms with van der Waals surface area (Å²) in [5.41, 5.74) is 1.94. The molecule has 0 radical (unpaired) electrons. The summed E-state index contributed by atoms with van der Waals surface area (Å²) in [7, 11) is 1.73. The third kappa shape index (κ3) is 4.31. The first-order valence-corrected chi connectivity index (χ1v) is 8.62. The molecule has 0 saturated carbocycles. The lowest BCUT2D eigenvalue weighted by atomic mass is 10.2. The van der Waals surface area contributed by atoms with E-state index in [4.69, 9.17) is 23.2 Å². The highest BCUT2D eigenvalue weighted by Crippen LogP contribution is 2.31. The Morgan fingerprint density at radius 1 is 1.08 bits per heavy atom. The van der Waals surface area contributed by atoms with Gasteiger partial charge in [0, 0.05) is 19.7 Å². The molecular formula is C19H16Cl2N4O. The van der Waals surface area contributed by atoms with Gasteiger partial charge in [-0.2, -0.15) is 0 Å². The third-order valence-electron chi connectivity index (χ3n) is 3.71. The molecule has 7 heteroatoms. The van der Waals surface area contributed by atoms with E-state index in [2.05, 4.69) is 15.3 Å². The van der Waals surface area contributed by atoms with Crippen molar-refractivity contribution in [2.75, 3.05) is 12.4 Å². The van der Waals surface area contributed by atoms with Crippen LogP contribution < -0.4 is 5.32 Å². The Morgan fingerprint density at radius 2 is 1.85 bits per heavy atom. The quantitative estimate of drug-likeness (QED) is 0.683. The standard InChI is InChI=1S/C19H16Cl2N4O/c1-25(11-13-6-3-2-4-7-13)19(26)16-10-17(23-12-22-16)24-15-9-5-8-14(20)18(15)21/h2-10,12H,11H2,1H3,(H,22,23,24). The molecule has 1 N–H and O–H groups in total. The average Bonchev–Trinajstić information content (AvgIpc) is 2.66. The minimum Gasteiger partial charge on any atom is -0.339 e. The summed E-state index contributed by atoms with van der Waals surface area (Å²) in [4.78, 5) is 22.5. The lowest BCUT2D eigenvalue weighted by Gasteiger charge is -2.17. The van der Waals surface area contributed by atoms with Crippen LogP contribution in [-0.4, -0.2) is 27.8 Å². The lowest BCUT2D eigenvalue weighted by Crippen LogP contribution is -2.27. The molecule has 0 atom stereocenters. The van der Waals surface area contributed by atoms with Gasteiger partial charge in [0.05, 0.1) is 15.7 Å². The molecular weight excluding hydrogens is 371 g/mol. The Labute approximate surface area is 161 Å². The van der Waals surface area contributed by atoms with E-state index in [9.17, 15) is 4.79 Å². The molecule has 0 unspecified atom stereocenters. The number of nitrogens with zero attached hydrogens (tertiary/aromatic N) is 3. The molecule has 0 fully saturated rings. The zero-order valence-electron chi connectivity index (χ0n) is 14.0. The van der Waals surface area contributed by atoms with Gasteiger partial charge in [0.15, 0.2) is 0 Å². The predicted octanol–water partition coefficient (Wildman–Crippen LogP) is 4.80. The summed E-state index contributed by atoms with van der Waals surface area (Å²) >= 11 is 12.2. The number of rotatable bonds is 5. The van der Waals surface area contributed by atoms with Gasteiger partial charge >= 0.3 is 0 Å². The zero-order chi connectivity index (χ0) is 18.5. The summed E-state index contributed by atoms with van der Waals surface area (Å²) < 4.78 is 0. The summed E-state index contributed by atoms with van der Waals surface area (Å²) in [6.07, 6.45) is 1.34. The Hall–Kier alpha value is -2.63. The molecule has 0 bridgehead atoms. The van der Waals surface area contributed by atoms with E-state index >= 15 is 0 Å². The van der Waals surface area contributed by atoms with Crippen molar-refractivity contribution in [3.63, 3.8) is 0 Å². The second kappa shape index (κ2) is 8.17. The van der Waals surface area contributed by atoms with Gasteiger partial charge in [-0.3, -0.25) is 4.79 Å². The third-order valence-corrected chi connectivity index (χ3v) is 4.53. The molecule has 132 valence electrons. The van der Waals surface area contributed by atoms with E-state index in [0.29, 0.717) is 33.8 Å². The van der Waals surface area contributed by atoms with Crippen molar-refractivity contribution in [3.8, 4) is 0 Å². The fourth-order valence-electron chi connectivity index (χ4n) is 2.41. The first kappa shape index (κ1) is 18.2. The maximum atomic E-state index is 12.6. The number of aromatic nitrogens is 2. The van der Waals surface area contributed by atoms with Gasteiger partial charge < -0.3 is 10.2 Å². The molecule has 3 rings (SSSR count). The van der Waals surface area contributed by atoms with Crippen LogP contribution in [0.5, 0.6) is 0 Å². The molecule has 1 heterocycles. The summed E-state index contributed by atoms with van der Waals surface area (Å²) in [5.74, 6) is 0.261. The molecule has 5 nitrogen and oxygen atoms in total. The SMILES string of the molecule is CN(Cc1ccccc1)C(=O)c1cc(Nc2cccc(Cl)c2Cl)ncn1. The van der Waals surface area contributed by atoms with Gasteiger partial charge in [-0.05, 0) is 17.7 Å². The highest BCUT2D eigenvalue weighted by molar-refractivity contribution is 6.43. The molecule has 1 aromatic heterocycles. The number of benzene rings is 2. The first-order chi connectivity index (χ1) is 12.5. The van der Waals surface area contributed by atoms with Crippen molar-refractivity contribution in [2.45, 2.75) is 6.54 Å². The van der Waals surface area contributed by atoms with Crippen LogP contribution in [0.4, 0.5) is 11.5 Å². The molecule has 26 heavy (non-hydrogen) atoms. The maximum Gasteiger partial charge on any atom is 0.272 e. The predicted molar refractivity (Wildman–Crippen MR) is 104 cm³/mol. The molecule has 1 amide bonds. The maximum absolute atomic E-state index is 12.6. The fraction of sp³-hybridized carbons (Fsp3) is 0.105. The largest absolute Gasteiger partial charge is 0.339 e. The molecule has 3 aromatic rings. The first-order valence-electron chi connectivity index (χ1n) is 7.87. The van der Waals surface area contributed by atoms with E-state index in [1.165, 1.54) is 6.33 Å². The van der Waals surface area contributed by atoms with Gasteiger partial charge in [0.2, 0.25) is 0 Å². The smallest absolute Gasteiger partial charge is 0.272 e. The number of anilines is 2. The van der Waals surface area contributed by atoms with Crippen LogP contribution in [0.2, 0.25) is 10.0 Å². The molecule has 2 aromatic carbocycles. The van der Waals surface area contributed by atoms with Crippen LogP contribution in [0.15, 0.2) is 60.9 Å². The Kier molecular flexibility index (Phi) is 5.71. The number of amides is 1. The number of hydrogen-bond acceptors (Lipinski definition) is 4. The van der Waals surface area contributed by atoms with E-state index in [1.807, 2.05) is 30.3 Å². The normalized spacial score (nSPS) is 10.4. The lowest BCUT2D eigenvalue weighted by molar-refractivity contribution is 0.0779. The van der Waals surface area contributed by atoms with E-state index in [-0.39, 0.29) is 5.91 Å². The van der Waals surface area contributed by atoms with Crippen molar-refractivity contribution in [1.29, 1.82) is 0 Å². The topological polar surface area (TPSA) is 58.1 Å². The van der Waals surface area contributed by atoms with Crippen molar-refractivity contribution >= 4 is 40.6 Å². The number of carbonyl (C=O) groups excluding carboxylic acids is 1. The molecule has 0 aliphatic heterocycles. The van der Waals surface area contributed by atoms with Crippen LogP contribution in [-0.2, 0) is 6.54 Å². The fourth-order valence-corrected chi connectivity index (χ4v) is 2.75. The van der Waals surface area contributed by atoms with Crippen molar-refractivity contribution in [1.82, 2.24) is 14.9 Å². The summed E-state index contributed by atoms with van der Waals surface area (Å²) in [6.45, 7) is 0.493.